The molecule has 104 valence electrons. The molecule has 3 N–H and O–H groups in total. The molecule has 0 fully saturated rings. The molecule has 0 radical (unpaired) electrons. The van der Waals surface area contributed by atoms with E-state index in [2.05, 4.69) is 10.1 Å². The predicted octanol–water partition coefficient (Wildman–Crippen LogP) is 1.44. The average molecular weight is 272 g/mol. The van der Waals surface area contributed by atoms with Gasteiger partial charge in [0.2, 0.25) is 0 Å². The first-order valence-corrected chi connectivity index (χ1v) is 6.15. The Morgan fingerprint density at radius 3 is 2.75 bits per heavy atom. The lowest BCUT2D eigenvalue weighted by Gasteiger charge is -2.23. The summed E-state index contributed by atoms with van der Waals surface area (Å²) >= 11 is 0. The number of hydrogen-bond donors (Lipinski definition) is 2. The van der Waals surface area contributed by atoms with Crippen molar-refractivity contribution in [1.29, 1.82) is 0 Å². The maximum atomic E-state index is 12.3. The minimum atomic E-state index is -0.513. The van der Waals surface area contributed by atoms with E-state index in [1.54, 1.807) is 20.0 Å². The van der Waals surface area contributed by atoms with Crippen molar-refractivity contribution >= 4 is 22.6 Å². The second kappa shape index (κ2) is 5.56. The van der Waals surface area contributed by atoms with Gasteiger partial charge < -0.3 is 15.8 Å². The standard InChI is InChI=1S/C14H16N4O2/c1-9(13(15)17-20)18(2)14(19)12-8-7-10-5-3-4-6-11(10)16-12/h3-9,20H,1-2H3,(H2,15,17). The summed E-state index contributed by atoms with van der Waals surface area (Å²) < 4.78 is 0. The molecule has 0 saturated heterocycles. The van der Waals surface area contributed by atoms with Crippen LogP contribution >= 0.6 is 0 Å². The molecule has 0 spiro atoms. The Kier molecular flexibility index (Phi) is 3.84. The summed E-state index contributed by atoms with van der Waals surface area (Å²) in [6.07, 6.45) is 0. The maximum Gasteiger partial charge on any atom is 0.272 e. The average Bonchev–Trinajstić information content (AvgIpc) is 2.51. The number of hydrogen-bond acceptors (Lipinski definition) is 4. The van der Waals surface area contributed by atoms with E-state index < -0.39 is 6.04 Å². The van der Waals surface area contributed by atoms with Gasteiger partial charge in [-0.3, -0.25) is 4.79 Å². The Hall–Kier alpha value is -2.63. The Labute approximate surface area is 116 Å². The third-order valence-corrected chi connectivity index (χ3v) is 3.26. The number of fused-ring (bicyclic) bond motifs is 1. The van der Waals surface area contributed by atoms with E-state index in [4.69, 9.17) is 10.9 Å². The van der Waals surface area contributed by atoms with Gasteiger partial charge in [0.25, 0.3) is 5.91 Å². The van der Waals surface area contributed by atoms with Crippen LogP contribution in [-0.4, -0.2) is 39.9 Å². The highest BCUT2D eigenvalue weighted by molar-refractivity contribution is 5.98. The van der Waals surface area contributed by atoms with Crippen molar-refractivity contribution < 1.29 is 10.0 Å². The lowest BCUT2D eigenvalue weighted by Crippen LogP contribution is -2.44. The molecule has 0 aliphatic carbocycles. The molecule has 1 amide bonds. The number of amidine groups is 1. The first kappa shape index (κ1) is 13.8. The number of nitrogens with zero attached hydrogens (tertiary/aromatic N) is 3. The summed E-state index contributed by atoms with van der Waals surface area (Å²) in [5.74, 6) is -0.309. The zero-order valence-corrected chi connectivity index (χ0v) is 11.3. The van der Waals surface area contributed by atoms with Crippen LogP contribution in [0, 0.1) is 0 Å². The first-order valence-electron chi connectivity index (χ1n) is 6.15. The quantitative estimate of drug-likeness (QED) is 0.383. The Morgan fingerprint density at radius 2 is 2.05 bits per heavy atom. The number of para-hydroxylation sites is 1. The predicted molar refractivity (Wildman–Crippen MR) is 76.7 cm³/mol. The molecular formula is C14H16N4O2. The van der Waals surface area contributed by atoms with Crippen LogP contribution in [0.3, 0.4) is 0 Å². The van der Waals surface area contributed by atoms with E-state index in [1.807, 2.05) is 30.3 Å². The van der Waals surface area contributed by atoms with Crippen molar-refractivity contribution in [2.75, 3.05) is 7.05 Å². The summed E-state index contributed by atoms with van der Waals surface area (Å²) in [5.41, 5.74) is 6.59. The van der Waals surface area contributed by atoms with Gasteiger partial charge in [-0.25, -0.2) is 4.98 Å². The highest BCUT2D eigenvalue weighted by atomic mass is 16.4. The van der Waals surface area contributed by atoms with Crippen molar-refractivity contribution in [2.24, 2.45) is 10.9 Å². The molecule has 6 heteroatoms. The number of likely N-dealkylation sites (N-methyl/N-ethyl adjacent to an activating group) is 1. The van der Waals surface area contributed by atoms with Gasteiger partial charge >= 0.3 is 0 Å². The monoisotopic (exact) mass is 272 g/mol. The highest BCUT2D eigenvalue weighted by Gasteiger charge is 2.21. The number of amides is 1. The van der Waals surface area contributed by atoms with Crippen molar-refractivity contribution in [3.05, 3.63) is 42.1 Å². The Morgan fingerprint density at radius 1 is 1.35 bits per heavy atom. The molecule has 0 saturated carbocycles. The number of benzene rings is 1. The fraction of sp³-hybridized carbons (Fsp3) is 0.214. The van der Waals surface area contributed by atoms with Crippen molar-refractivity contribution in [2.45, 2.75) is 13.0 Å². The molecule has 0 aliphatic heterocycles. The van der Waals surface area contributed by atoms with Gasteiger partial charge in [-0.15, -0.1) is 0 Å². The molecular weight excluding hydrogens is 256 g/mol. The van der Waals surface area contributed by atoms with E-state index in [9.17, 15) is 4.79 Å². The van der Waals surface area contributed by atoms with Gasteiger partial charge in [0, 0.05) is 12.4 Å². The van der Waals surface area contributed by atoms with Crippen LogP contribution in [0.2, 0.25) is 0 Å². The lowest BCUT2D eigenvalue weighted by molar-refractivity contribution is 0.0771. The van der Waals surface area contributed by atoms with Gasteiger partial charge in [-0.1, -0.05) is 29.4 Å². The second-order valence-corrected chi connectivity index (χ2v) is 4.51. The van der Waals surface area contributed by atoms with E-state index in [0.717, 1.165) is 10.9 Å². The van der Waals surface area contributed by atoms with Gasteiger partial charge in [0.1, 0.15) is 5.69 Å². The van der Waals surface area contributed by atoms with Gasteiger partial charge in [-0.05, 0) is 19.1 Å². The van der Waals surface area contributed by atoms with Gasteiger partial charge in [0.15, 0.2) is 5.84 Å². The van der Waals surface area contributed by atoms with Crippen LogP contribution in [0.25, 0.3) is 10.9 Å². The Bertz CT molecular complexity index is 669. The third kappa shape index (κ3) is 2.54. The highest BCUT2D eigenvalue weighted by Crippen LogP contribution is 2.13. The molecule has 2 rings (SSSR count). The molecule has 1 aromatic heterocycles. The van der Waals surface area contributed by atoms with Crippen molar-refractivity contribution in [3.8, 4) is 0 Å². The van der Waals surface area contributed by atoms with E-state index in [0.29, 0.717) is 5.69 Å². The van der Waals surface area contributed by atoms with Crippen LogP contribution < -0.4 is 5.73 Å². The molecule has 6 nitrogen and oxygen atoms in total. The van der Waals surface area contributed by atoms with Crippen LogP contribution in [0.15, 0.2) is 41.6 Å². The number of nitrogens with two attached hydrogens (primary N) is 1. The number of rotatable bonds is 3. The van der Waals surface area contributed by atoms with Crippen molar-refractivity contribution in [3.63, 3.8) is 0 Å². The first-order chi connectivity index (χ1) is 9.54. The fourth-order valence-corrected chi connectivity index (χ4v) is 1.82. The SMILES string of the molecule is CC(C(N)=NO)N(C)C(=O)c1ccc2ccccc2n1. The van der Waals surface area contributed by atoms with E-state index >= 15 is 0 Å². The summed E-state index contributed by atoms with van der Waals surface area (Å²) in [7, 11) is 1.59. The molecule has 0 bridgehead atoms. The molecule has 2 aromatic rings. The van der Waals surface area contributed by atoms with Crippen molar-refractivity contribution in [1.82, 2.24) is 9.88 Å². The van der Waals surface area contributed by atoms with E-state index in [1.165, 1.54) is 4.90 Å². The maximum absolute atomic E-state index is 12.3. The lowest BCUT2D eigenvalue weighted by atomic mass is 10.2. The summed E-state index contributed by atoms with van der Waals surface area (Å²) in [5, 5.41) is 12.5. The topological polar surface area (TPSA) is 91.8 Å². The van der Waals surface area contributed by atoms with Crippen LogP contribution in [-0.2, 0) is 0 Å². The zero-order valence-electron chi connectivity index (χ0n) is 11.3. The smallest absolute Gasteiger partial charge is 0.272 e. The minimum Gasteiger partial charge on any atom is -0.409 e. The van der Waals surface area contributed by atoms with Crippen LogP contribution in [0.1, 0.15) is 17.4 Å². The number of oxime groups is 1. The summed E-state index contributed by atoms with van der Waals surface area (Å²) in [6, 6.07) is 10.6. The largest absolute Gasteiger partial charge is 0.409 e. The second-order valence-electron chi connectivity index (χ2n) is 4.51. The molecule has 1 aromatic carbocycles. The zero-order chi connectivity index (χ0) is 14.7. The Balaban J connectivity index is 2.31. The number of carbonyl (C=O) groups excluding carboxylic acids is 1. The normalized spacial score (nSPS) is 13.2. The number of carbonyl (C=O) groups is 1. The molecule has 1 atom stereocenters. The fourth-order valence-electron chi connectivity index (χ4n) is 1.82. The van der Waals surface area contributed by atoms with Gasteiger partial charge in [-0.2, -0.15) is 0 Å². The third-order valence-electron chi connectivity index (χ3n) is 3.26. The molecule has 0 aliphatic rings. The van der Waals surface area contributed by atoms with Crippen LogP contribution in [0.4, 0.5) is 0 Å². The molecule has 20 heavy (non-hydrogen) atoms. The number of aromatic nitrogens is 1. The van der Waals surface area contributed by atoms with Gasteiger partial charge in [0.05, 0.1) is 11.6 Å². The summed E-state index contributed by atoms with van der Waals surface area (Å²) in [6.45, 7) is 1.67. The summed E-state index contributed by atoms with van der Waals surface area (Å²) in [4.78, 5) is 18.0. The minimum absolute atomic E-state index is 0.0263. The number of pyridine rings is 1. The van der Waals surface area contributed by atoms with E-state index in [-0.39, 0.29) is 11.7 Å². The van der Waals surface area contributed by atoms with Crippen LogP contribution in [0.5, 0.6) is 0 Å². The molecule has 1 unspecified atom stereocenters. The molecule has 1 heterocycles.